The first-order valence-corrected chi connectivity index (χ1v) is 19.3. The molecule has 0 radical (unpaired) electrons. The van der Waals surface area contributed by atoms with Crippen molar-refractivity contribution >= 4 is 28.0 Å². The molecule has 358 valence electrons. The Morgan fingerprint density at radius 3 is 1.07 bits per heavy atom. The summed E-state index contributed by atoms with van der Waals surface area (Å²) in [6.45, 7) is 3.83. The Labute approximate surface area is 365 Å². The van der Waals surface area contributed by atoms with E-state index in [1.807, 2.05) is 12.3 Å². The van der Waals surface area contributed by atoms with E-state index in [-0.39, 0.29) is 0 Å². The highest BCUT2D eigenvalue weighted by Gasteiger charge is 2.52. The molecule has 0 saturated carbocycles. The van der Waals surface area contributed by atoms with Gasteiger partial charge in [-0.15, -0.1) is 21.9 Å². The van der Waals surface area contributed by atoms with Crippen LogP contribution >= 0.6 is 0 Å². The lowest BCUT2D eigenvalue weighted by molar-refractivity contribution is -0.694. The molecule has 0 unspecified atom stereocenters. The van der Waals surface area contributed by atoms with Crippen LogP contribution in [-0.2, 0) is 6.54 Å². The van der Waals surface area contributed by atoms with E-state index in [2.05, 4.69) is 40.7 Å². The molecule has 6 aromatic rings. The van der Waals surface area contributed by atoms with E-state index in [0.717, 1.165) is 25.5 Å². The number of hydrogen-bond donors (Lipinski definition) is 0. The van der Waals surface area contributed by atoms with Gasteiger partial charge in [0, 0.05) is 5.56 Å². The summed E-state index contributed by atoms with van der Waals surface area (Å²) >= 11 is 0. The van der Waals surface area contributed by atoms with Gasteiger partial charge in [-0.2, -0.15) is 4.57 Å². The third-order valence-electron chi connectivity index (χ3n) is 10.5. The molecule has 0 aliphatic rings. The molecule has 0 aliphatic heterocycles. The molecule has 5 aromatic carbocycles. The van der Waals surface area contributed by atoms with Crippen LogP contribution in [0.5, 0.6) is 5.88 Å². The molecule has 0 bridgehead atoms. The molecule has 1 aromatic heterocycles. The second-order valence-corrected chi connectivity index (χ2v) is 14.4. The predicted octanol–water partition coefficient (Wildman–Crippen LogP) is 10.0. The molecule has 67 heavy (non-hydrogen) atoms. The summed E-state index contributed by atoms with van der Waals surface area (Å²) in [6, 6.07) is 10.4. The van der Waals surface area contributed by atoms with Crippen LogP contribution in [0.4, 0.5) is 87.8 Å². The maximum Gasteiger partial charge on any atom is 0.387 e. The number of benzene rings is 5. The van der Waals surface area contributed by atoms with Gasteiger partial charge < -0.3 is 4.74 Å². The Morgan fingerprint density at radius 1 is 0.418 bits per heavy atom. The maximum atomic E-state index is 15.4. The second-order valence-electron chi connectivity index (χ2n) is 14.4. The molecule has 0 amide bonds. The van der Waals surface area contributed by atoms with Crippen LogP contribution in [0.3, 0.4) is 0 Å². The standard InChI is InChI=1S/C24BF20.C19H27N2O/c26-5-1(6(27)14(35)21(42)13(5)34)25(2-7(28)15(36)22(43)16(37)8(2)29,3-9(30)17(38)23(44)18(39)10(3)31)4-11(32)19(40)24(45)20(41)12(4)33;1-2-3-4-5-6-10-15-22-19-16-20-13-14-21(19)17-18-11-8-7-9-12-18/h;7-9,11-14,16H,2-6,10,15,17H2,1H3/q-1;+1. The van der Waals surface area contributed by atoms with Gasteiger partial charge >= 0.3 is 5.88 Å². The van der Waals surface area contributed by atoms with Gasteiger partial charge in [-0.1, -0.05) is 69.4 Å². The Kier molecular flexibility index (Phi) is 16.2. The van der Waals surface area contributed by atoms with Gasteiger partial charge in [-0.3, -0.25) is 0 Å². The third-order valence-corrected chi connectivity index (χ3v) is 10.5. The molecule has 24 heteroatoms. The highest BCUT2D eigenvalue weighted by molar-refractivity contribution is 7.20. The first kappa shape index (κ1) is 51.6. The van der Waals surface area contributed by atoms with E-state index < -0.39 is 144 Å². The minimum atomic E-state index is -7.22. The number of halogens is 20. The van der Waals surface area contributed by atoms with Gasteiger partial charge in [0.05, 0.1) is 12.8 Å². The molecule has 0 atom stereocenters. The lowest BCUT2D eigenvalue weighted by Gasteiger charge is -2.44. The van der Waals surface area contributed by atoms with Crippen molar-refractivity contribution in [1.29, 1.82) is 0 Å². The minimum Gasteiger partial charge on any atom is -0.443 e. The van der Waals surface area contributed by atoms with Gasteiger partial charge in [0.2, 0.25) is 0 Å². The zero-order valence-corrected chi connectivity index (χ0v) is 33.7. The largest absolute Gasteiger partial charge is 0.443 e. The van der Waals surface area contributed by atoms with Gasteiger partial charge in [0.15, 0.2) is 82.5 Å². The number of hydrogen-bond acceptors (Lipinski definition) is 2. The lowest BCUT2D eigenvalue weighted by atomic mass is 9.12. The van der Waals surface area contributed by atoms with E-state index >= 15 is 35.1 Å². The van der Waals surface area contributed by atoms with E-state index in [4.69, 9.17) is 4.74 Å². The third kappa shape index (κ3) is 9.34. The summed E-state index contributed by atoms with van der Waals surface area (Å²) < 4.78 is 302. The fourth-order valence-electron chi connectivity index (χ4n) is 7.34. The monoisotopic (exact) mass is 978 g/mol. The Hall–Kier alpha value is -6.36. The van der Waals surface area contributed by atoms with Crippen molar-refractivity contribution in [2.45, 2.75) is 52.0 Å². The van der Waals surface area contributed by atoms with Crippen molar-refractivity contribution in [2.24, 2.45) is 0 Å². The number of ether oxygens (including phenoxy) is 1. The molecule has 0 N–H and O–H groups in total. The van der Waals surface area contributed by atoms with Gasteiger partial charge in [-0.05, 0) is 6.42 Å². The van der Waals surface area contributed by atoms with Crippen LogP contribution in [0.1, 0.15) is 51.0 Å². The Balaban J connectivity index is 0.000000319. The van der Waals surface area contributed by atoms with Crippen molar-refractivity contribution in [2.75, 3.05) is 6.61 Å². The molecule has 0 saturated heterocycles. The SMILES string of the molecule is CCCCCCCCOc1cncc[n+]1Cc1ccccc1.Fc1c(F)c(F)c([B-](c2c(F)c(F)c(F)c(F)c2F)(c2c(F)c(F)c(F)c(F)c2F)c2c(F)c(F)c(F)c(F)c2F)c(F)c1F. The number of nitrogens with zero attached hydrogens (tertiary/aromatic N) is 2. The van der Waals surface area contributed by atoms with Crippen molar-refractivity contribution in [1.82, 2.24) is 4.98 Å². The van der Waals surface area contributed by atoms with E-state index in [1.165, 1.54) is 37.7 Å². The van der Waals surface area contributed by atoms with Crippen LogP contribution in [-0.4, -0.2) is 17.7 Å². The summed E-state index contributed by atoms with van der Waals surface area (Å²) in [5, 5.41) is 0. The maximum absolute atomic E-state index is 15.4. The zero-order chi connectivity index (χ0) is 49.8. The highest BCUT2D eigenvalue weighted by Crippen LogP contribution is 2.31. The molecule has 0 fully saturated rings. The minimum absolute atomic E-state index is 0.770. The summed E-state index contributed by atoms with van der Waals surface area (Å²) in [4.78, 5) is 4.18. The molecule has 0 aliphatic carbocycles. The molecule has 0 spiro atoms. The highest BCUT2D eigenvalue weighted by atomic mass is 19.2. The second kappa shape index (κ2) is 21.1. The summed E-state index contributed by atoms with van der Waals surface area (Å²) in [5.74, 6) is -70.6. The Bertz CT molecular complexity index is 2430. The van der Waals surface area contributed by atoms with Crippen LogP contribution in [0.15, 0.2) is 48.9 Å². The average Bonchev–Trinajstić information content (AvgIpc) is 3.32. The van der Waals surface area contributed by atoms with Gasteiger partial charge in [-0.25, -0.2) is 92.8 Å². The molecule has 1 heterocycles. The van der Waals surface area contributed by atoms with Crippen LogP contribution in [0, 0.1) is 116 Å². The number of unbranched alkanes of at least 4 members (excludes halogenated alkanes) is 5. The first-order chi connectivity index (χ1) is 31.6. The van der Waals surface area contributed by atoms with E-state index in [1.54, 1.807) is 12.4 Å². The van der Waals surface area contributed by atoms with E-state index in [0.29, 0.717) is 0 Å². The van der Waals surface area contributed by atoms with Crippen molar-refractivity contribution in [3.05, 3.63) is 171 Å². The normalized spacial score (nSPS) is 11.5. The molecular formula is C43H27BF20N2O. The summed E-state index contributed by atoms with van der Waals surface area (Å²) in [7, 11) is 0. The summed E-state index contributed by atoms with van der Waals surface area (Å²) in [5.41, 5.74) is -13.1. The van der Waals surface area contributed by atoms with Crippen LogP contribution < -0.4 is 31.2 Å². The smallest absolute Gasteiger partial charge is 0.387 e. The predicted molar refractivity (Wildman–Crippen MR) is 198 cm³/mol. The molecule has 6 rings (SSSR count). The fourth-order valence-corrected chi connectivity index (χ4v) is 7.34. The topological polar surface area (TPSA) is 26.0 Å². The Morgan fingerprint density at radius 2 is 0.731 bits per heavy atom. The number of aromatic nitrogens is 2. The van der Waals surface area contributed by atoms with Crippen LogP contribution in [0.25, 0.3) is 0 Å². The molecular weight excluding hydrogens is 951 g/mol. The first-order valence-electron chi connectivity index (χ1n) is 19.3. The molecule has 3 nitrogen and oxygen atoms in total. The van der Waals surface area contributed by atoms with Crippen molar-refractivity contribution < 1.29 is 97.1 Å². The zero-order valence-electron chi connectivity index (χ0n) is 33.7. The average molecular weight is 978 g/mol. The van der Waals surface area contributed by atoms with Crippen molar-refractivity contribution in [3.63, 3.8) is 0 Å². The quantitative estimate of drug-likeness (QED) is 0.0272. The van der Waals surface area contributed by atoms with Crippen molar-refractivity contribution in [3.8, 4) is 5.88 Å². The summed E-state index contributed by atoms with van der Waals surface area (Å²) in [6.07, 6.45) is 6.04. The fraction of sp³-hybridized carbons (Fsp3) is 0.209. The van der Waals surface area contributed by atoms with Gasteiger partial charge in [0.1, 0.15) is 58.9 Å². The van der Waals surface area contributed by atoms with Crippen LogP contribution in [0.2, 0.25) is 0 Å². The van der Waals surface area contributed by atoms with Gasteiger partial charge in [0.25, 0.3) is 0 Å². The number of rotatable bonds is 14. The lowest BCUT2D eigenvalue weighted by Crippen LogP contribution is -2.81. The van der Waals surface area contributed by atoms with E-state index in [9.17, 15) is 52.7 Å².